The predicted molar refractivity (Wildman–Crippen MR) is 78.2 cm³/mol. The van der Waals surface area contributed by atoms with Crippen LogP contribution in [0.15, 0.2) is 0 Å². The van der Waals surface area contributed by atoms with Crippen LogP contribution in [0.1, 0.15) is 65.2 Å². The van der Waals surface area contributed by atoms with E-state index < -0.39 is 0 Å². The van der Waals surface area contributed by atoms with Crippen LogP contribution < -0.4 is 0 Å². The quantitative estimate of drug-likeness (QED) is 0.737. The van der Waals surface area contributed by atoms with Crippen LogP contribution in [-0.2, 0) is 14.3 Å². The standard InChI is InChI=1S/C17H28O3/c1-12-3-5-14(6-4-12)11-20-17(19)16-9-7-15(8-10-16)13(2)18/h12,14-16H,3-11H2,1-2H3. The van der Waals surface area contributed by atoms with Gasteiger partial charge in [0.1, 0.15) is 5.78 Å². The number of hydrogen-bond acceptors (Lipinski definition) is 3. The van der Waals surface area contributed by atoms with Crippen molar-refractivity contribution in [1.82, 2.24) is 0 Å². The third-order valence-corrected chi connectivity index (χ3v) is 5.23. The summed E-state index contributed by atoms with van der Waals surface area (Å²) >= 11 is 0. The lowest BCUT2D eigenvalue weighted by Gasteiger charge is -2.28. The fourth-order valence-corrected chi connectivity index (χ4v) is 3.55. The number of ether oxygens (including phenoxy) is 1. The van der Waals surface area contributed by atoms with E-state index in [1.807, 2.05) is 0 Å². The Kier molecular flexibility index (Phi) is 5.62. The molecule has 20 heavy (non-hydrogen) atoms. The minimum Gasteiger partial charge on any atom is -0.465 e. The van der Waals surface area contributed by atoms with Crippen LogP contribution in [0.4, 0.5) is 0 Å². The molecule has 0 unspecified atom stereocenters. The summed E-state index contributed by atoms with van der Waals surface area (Å²) in [5, 5.41) is 0. The third kappa shape index (κ3) is 4.32. The first kappa shape index (κ1) is 15.5. The summed E-state index contributed by atoms with van der Waals surface area (Å²) in [5.74, 6) is 1.87. The highest BCUT2D eigenvalue weighted by Gasteiger charge is 2.30. The highest BCUT2D eigenvalue weighted by Crippen LogP contribution is 2.31. The highest BCUT2D eigenvalue weighted by atomic mass is 16.5. The number of carbonyl (C=O) groups excluding carboxylic acids is 2. The maximum atomic E-state index is 12.1. The SMILES string of the molecule is CC(=O)C1CCC(C(=O)OCC2CCC(C)CC2)CC1. The van der Waals surface area contributed by atoms with Crippen molar-refractivity contribution in [2.24, 2.45) is 23.7 Å². The fourth-order valence-electron chi connectivity index (χ4n) is 3.55. The summed E-state index contributed by atoms with van der Waals surface area (Å²) in [6.45, 7) is 4.57. The minimum absolute atomic E-state index is 0.0226. The highest BCUT2D eigenvalue weighted by molar-refractivity contribution is 5.79. The van der Waals surface area contributed by atoms with E-state index in [1.54, 1.807) is 6.92 Å². The van der Waals surface area contributed by atoms with Crippen LogP contribution in [0.2, 0.25) is 0 Å². The van der Waals surface area contributed by atoms with Crippen molar-refractivity contribution in [3.63, 3.8) is 0 Å². The van der Waals surface area contributed by atoms with Crippen LogP contribution in [-0.4, -0.2) is 18.4 Å². The number of carbonyl (C=O) groups is 2. The van der Waals surface area contributed by atoms with Gasteiger partial charge in [-0.25, -0.2) is 0 Å². The van der Waals surface area contributed by atoms with Crippen molar-refractivity contribution in [3.05, 3.63) is 0 Å². The van der Waals surface area contributed by atoms with E-state index in [9.17, 15) is 9.59 Å². The van der Waals surface area contributed by atoms with Crippen LogP contribution in [0, 0.1) is 23.7 Å². The van der Waals surface area contributed by atoms with Crippen molar-refractivity contribution in [2.75, 3.05) is 6.61 Å². The molecule has 0 aromatic rings. The molecule has 0 spiro atoms. The molecule has 2 fully saturated rings. The summed E-state index contributed by atoms with van der Waals surface area (Å²) in [7, 11) is 0. The van der Waals surface area contributed by atoms with E-state index in [0.29, 0.717) is 12.5 Å². The Hall–Kier alpha value is -0.860. The van der Waals surface area contributed by atoms with Gasteiger partial charge >= 0.3 is 5.97 Å². The monoisotopic (exact) mass is 280 g/mol. The molecule has 2 saturated carbocycles. The molecule has 3 nitrogen and oxygen atoms in total. The van der Waals surface area contributed by atoms with Crippen molar-refractivity contribution >= 4 is 11.8 Å². The van der Waals surface area contributed by atoms with E-state index in [0.717, 1.165) is 31.6 Å². The number of Topliss-reactive ketones (excluding diaryl/α,β-unsaturated/α-hetero) is 1. The number of ketones is 1. The molecule has 2 aliphatic carbocycles. The Morgan fingerprint density at radius 3 is 2.00 bits per heavy atom. The van der Waals surface area contributed by atoms with Crippen molar-refractivity contribution in [2.45, 2.75) is 65.2 Å². The molecule has 2 aliphatic rings. The average molecular weight is 280 g/mol. The van der Waals surface area contributed by atoms with Crippen LogP contribution in [0.5, 0.6) is 0 Å². The first-order chi connectivity index (χ1) is 9.56. The van der Waals surface area contributed by atoms with Gasteiger partial charge in [-0.2, -0.15) is 0 Å². The largest absolute Gasteiger partial charge is 0.465 e. The van der Waals surface area contributed by atoms with E-state index >= 15 is 0 Å². The Bertz CT molecular complexity index is 334. The van der Waals surface area contributed by atoms with Crippen LogP contribution in [0.25, 0.3) is 0 Å². The molecule has 3 heteroatoms. The van der Waals surface area contributed by atoms with Gasteiger partial charge in [-0.15, -0.1) is 0 Å². The lowest BCUT2D eigenvalue weighted by molar-refractivity contribution is -0.152. The Morgan fingerprint density at radius 2 is 1.45 bits per heavy atom. The zero-order chi connectivity index (χ0) is 14.5. The molecule has 0 N–H and O–H groups in total. The molecule has 0 atom stereocenters. The Morgan fingerprint density at radius 1 is 0.900 bits per heavy atom. The molecule has 0 bridgehead atoms. The average Bonchev–Trinajstić information content (AvgIpc) is 2.46. The molecular formula is C17H28O3. The van der Waals surface area contributed by atoms with Crippen molar-refractivity contribution in [3.8, 4) is 0 Å². The molecule has 0 saturated heterocycles. The maximum absolute atomic E-state index is 12.1. The summed E-state index contributed by atoms with van der Waals surface area (Å²) in [5.41, 5.74) is 0. The smallest absolute Gasteiger partial charge is 0.308 e. The zero-order valence-electron chi connectivity index (χ0n) is 12.9. The van der Waals surface area contributed by atoms with Gasteiger partial charge in [-0.05, 0) is 57.3 Å². The lowest BCUT2D eigenvalue weighted by atomic mass is 9.80. The molecule has 0 aliphatic heterocycles. The summed E-state index contributed by atoms with van der Waals surface area (Å²) in [6.07, 6.45) is 8.30. The van der Waals surface area contributed by atoms with Gasteiger partial charge in [-0.1, -0.05) is 19.8 Å². The van der Waals surface area contributed by atoms with E-state index in [-0.39, 0.29) is 23.6 Å². The Labute approximate surface area is 122 Å². The van der Waals surface area contributed by atoms with E-state index in [4.69, 9.17) is 4.74 Å². The molecule has 0 amide bonds. The van der Waals surface area contributed by atoms with Crippen LogP contribution >= 0.6 is 0 Å². The Balaban J connectivity index is 1.67. The summed E-state index contributed by atoms with van der Waals surface area (Å²) in [4.78, 5) is 23.4. The molecule has 0 radical (unpaired) electrons. The van der Waals surface area contributed by atoms with E-state index in [1.165, 1.54) is 25.7 Å². The molecule has 114 valence electrons. The predicted octanol–water partition coefficient (Wildman–Crippen LogP) is 3.75. The molecular weight excluding hydrogens is 252 g/mol. The van der Waals surface area contributed by atoms with Crippen molar-refractivity contribution < 1.29 is 14.3 Å². The van der Waals surface area contributed by atoms with Gasteiger partial charge < -0.3 is 4.74 Å². The number of rotatable bonds is 4. The molecule has 0 aromatic carbocycles. The van der Waals surface area contributed by atoms with Gasteiger partial charge in [0.2, 0.25) is 0 Å². The van der Waals surface area contributed by atoms with Gasteiger partial charge in [0.05, 0.1) is 12.5 Å². The van der Waals surface area contributed by atoms with Crippen molar-refractivity contribution in [1.29, 1.82) is 0 Å². The van der Waals surface area contributed by atoms with Crippen LogP contribution in [0.3, 0.4) is 0 Å². The topological polar surface area (TPSA) is 43.4 Å². The second-order valence-corrected chi connectivity index (χ2v) is 6.92. The normalized spacial score (nSPS) is 34.5. The molecule has 0 heterocycles. The number of esters is 1. The first-order valence-electron chi connectivity index (χ1n) is 8.23. The first-order valence-corrected chi connectivity index (χ1v) is 8.23. The van der Waals surface area contributed by atoms with E-state index in [2.05, 4.69) is 6.92 Å². The maximum Gasteiger partial charge on any atom is 0.308 e. The van der Waals surface area contributed by atoms with Gasteiger partial charge in [-0.3, -0.25) is 9.59 Å². The fraction of sp³-hybridized carbons (Fsp3) is 0.882. The third-order valence-electron chi connectivity index (χ3n) is 5.23. The summed E-state index contributed by atoms with van der Waals surface area (Å²) < 4.78 is 5.53. The lowest BCUT2D eigenvalue weighted by Crippen LogP contribution is -2.28. The second-order valence-electron chi connectivity index (χ2n) is 6.92. The zero-order valence-corrected chi connectivity index (χ0v) is 12.9. The van der Waals surface area contributed by atoms with Gasteiger partial charge in [0.25, 0.3) is 0 Å². The summed E-state index contributed by atoms with van der Waals surface area (Å²) in [6, 6.07) is 0. The minimum atomic E-state index is -0.0226. The number of hydrogen-bond donors (Lipinski definition) is 0. The molecule has 2 rings (SSSR count). The second kappa shape index (κ2) is 7.24. The van der Waals surface area contributed by atoms with Gasteiger partial charge in [0, 0.05) is 5.92 Å². The van der Waals surface area contributed by atoms with Gasteiger partial charge in [0.15, 0.2) is 0 Å². The molecule has 0 aromatic heterocycles.